The SMILES string of the molecule is CN1CC(=O)N(CCCC(=O)Nc2cccc(S(=O)(=O)N3CCCCC3)c2)C1=O. The van der Waals surface area contributed by atoms with Gasteiger partial charge in [-0.25, -0.2) is 13.2 Å². The second-order valence-corrected chi connectivity index (χ2v) is 9.27. The van der Waals surface area contributed by atoms with Crippen LogP contribution in [0.5, 0.6) is 0 Å². The zero-order valence-corrected chi connectivity index (χ0v) is 17.3. The van der Waals surface area contributed by atoms with Crippen molar-refractivity contribution in [1.29, 1.82) is 0 Å². The Morgan fingerprint density at radius 1 is 1.14 bits per heavy atom. The normalized spacial score (nSPS) is 18.4. The molecule has 0 bridgehead atoms. The number of imide groups is 1. The van der Waals surface area contributed by atoms with Gasteiger partial charge < -0.3 is 10.2 Å². The van der Waals surface area contributed by atoms with Gasteiger partial charge in [0, 0.05) is 38.8 Å². The summed E-state index contributed by atoms with van der Waals surface area (Å²) in [7, 11) is -2.02. The molecule has 2 aliphatic rings. The van der Waals surface area contributed by atoms with E-state index in [1.165, 1.54) is 21.3 Å². The van der Waals surface area contributed by atoms with Gasteiger partial charge in [0.05, 0.1) is 4.90 Å². The van der Waals surface area contributed by atoms with Crippen LogP contribution in [-0.4, -0.2) is 73.6 Å². The van der Waals surface area contributed by atoms with Crippen molar-refractivity contribution in [2.75, 3.05) is 38.5 Å². The number of benzene rings is 1. The van der Waals surface area contributed by atoms with E-state index in [1.54, 1.807) is 19.2 Å². The van der Waals surface area contributed by atoms with Crippen molar-refractivity contribution < 1.29 is 22.8 Å². The number of urea groups is 1. The van der Waals surface area contributed by atoms with Crippen molar-refractivity contribution in [3.63, 3.8) is 0 Å². The molecule has 0 unspecified atom stereocenters. The van der Waals surface area contributed by atoms with E-state index in [-0.39, 0.29) is 42.3 Å². The molecule has 1 N–H and O–H groups in total. The highest BCUT2D eigenvalue weighted by Crippen LogP contribution is 2.23. The number of likely N-dealkylation sites (N-methyl/N-ethyl adjacent to an activating group) is 1. The van der Waals surface area contributed by atoms with E-state index in [1.807, 2.05) is 0 Å². The lowest BCUT2D eigenvalue weighted by atomic mass is 10.2. The predicted molar refractivity (Wildman–Crippen MR) is 107 cm³/mol. The lowest BCUT2D eigenvalue weighted by Crippen LogP contribution is -2.35. The number of rotatable bonds is 7. The molecule has 0 aliphatic carbocycles. The molecule has 2 aliphatic heterocycles. The fourth-order valence-corrected chi connectivity index (χ4v) is 5.06. The fourth-order valence-electron chi connectivity index (χ4n) is 3.50. The zero-order valence-electron chi connectivity index (χ0n) is 16.5. The van der Waals surface area contributed by atoms with Gasteiger partial charge in [0.15, 0.2) is 0 Å². The summed E-state index contributed by atoms with van der Waals surface area (Å²) >= 11 is 0. The van der Waals surface area contributed by atoms with Gasteiger partial charge in [0.2, 0.25) is 21.8 Å². The average Bonchev–Trinajstić information content (AvgIpc) is 2.95. The van der Waals surface area contributed by atoms with Crippen molar-refractivity contribution in [3.8, 4) is 0 Å². The quantitative estimate of drug-likeness (QED) is 0.670. The summed E-state index contributed by atoms with van der Waals surface area (Å²) in [6.45, 7) is 1.27. The van der Waals surface area contributed by atoms with Crippen LogP contribution < -0.4 is 5.32 Å². The molecule has 2 saturated heterocycles. The number of sulfonamides is 1. The minimum absolute atomic E-state index is 0.0588. The standard InChI is InChI=1S/C19H26N4O5S/c1-21-14-18(25)23(19(21)26)12-6-9-17(24)20-15-7-5-8-16(13-15)29(27,28)22-10-3-2-4-11-22/h5,7-8,13H,2-4,6,9-12,14H2,1H3,(H,20,24). The van der Waals surface area contributed by atoms with E-state index in [9.17, 15) is 22.8 Å². The molecule has 3 rings (SSSR count). The highest BCUT2D eigenvalue weighted by Gasteiger charge is 2.33. The van der Waals surface area contributed by atoms with Gasteiger partial charge in [-0.3, -0.25) is 14.5 Å². The molecule has 1 aromatic carbocycles. The van der Waals surface area contributed by atoms with E-state index in [0.29, 0.717) is 25.2 Å². The number of hydrogen-bond donors (Lipinski definition) is 1. The van der Waals surface area contributed by atoms with Crippen LogP contribution >= 0.6 is 0 Å². The van der Waals surface area contributed by atoms with E-state index in [2.05, 4.69) is 5.32 Å². The maximum Gasteiger partial charge on any atom is 0.326 e. The molecular formula is C19H26N4O5S. The molecule has 0 radical (unpaired) electrons. The summed E-state index contributed by atoms with van der Waals surface area (Å²) in [6, 6.07) is 5.87. The van der Waals surface area contributed by atoms with Crippen molar-refractivity contribution in [3.05, 3.63) is 24.3 Å². The van der Waals surface area contributed by atoms with Gasteiger partial charge >= 0.3 is 6.03 Å². The van der Waals surface area contributed by atoms with Gasteiger partial charge in [0.25, 0.3) is 0 Å². The minimum atomic E-state index is -3.57. The predicted octanol–water partition coefficient (Wildman–Crippen LogP) is 1.47. The first-order chi connectivity index (χ1) is 13.8. The lowest BCUT2D eigenvalue weighted by molar-refractivity contribution is -0.125. The number of carbonyl (C=O) groups excluding carboxylic acids is 3. The van der Waals surface area contributed by atoms with Gasteiger partial charge in [-0.1, -0.05) is 12.5 Å². The number of nitrogens with one attached hydrogen (secondary N) is 1. The van der Waals surface area contributed by atoms with Gasteiger partial charge in [-0.2, -0.15) is 4.31 Å². The maximum atomic E-state index is 12.8. The van der Waals surface area contributed by atoms with Gasteiger partial charge in [-0.15, -0.1) is 0 Å². The Kier molecular flexibility index (Phi) is 6.53. The molecule has 4 amide bonds. The first-order valence-corrected chi connectivity index (χ1v) is 11.2. The molecule has 9 nitrogen and oxygen atoms in total. The van der Waals surface area contributed by atoms with Gasteiger partial charge in [0.1, 0.15) is 6.54 Å². The van der Waals surface area contributed by atoms with Crippen LogP contribution in [-0.2, 0) is 19.6 Å². The number of hydrogen-bond acceptors (Lipinski definition) is 5. The average molecular weight is 423 g/mol. The minimum Gasteiger partial charge on any atom is -0.326 e. The summed E-state index contributed by atoms with van der Waals surface area (Å²) in [4.78, 5) is 38.4. The van der Waals surface area contributed by atoms with Crippen LogP contribution in [0.1, 0.15) is 32.1 Å². The largest absolute Gasteiger partial charge is 0.326 e. The molecule has 0 spiro atoms. The van der Waals surface area contributed by atoms with Crippen LogP contribution in [0.4, 0.5) is 10.5 Å². The van der Waals surface area contributed by atoms with Crippen LogP contribution in [0, 0.1) is 0 Å². The molecule has 158 valence electrons. The molecule has 0 saturated carbocycles. The Morgan fingerprint density at radius 2 is 1.86 bits per heavy atom. The second-order valence-electron chi connectivity index (χ2n) is 7.33. The molecule has 10 heteroatoms. The summed E-state index contributed by atoms with van der Waals surface area (Å²) in [6.07, 6.45) is 3.20. The van der Waals surface area contributed by atoms with Crippen molar-refractivity contribution in [1.82, 2.24) is 14.1 Å². The van der Waals surface area contributed by atoms with Gasteiger partial charge in [-0.05, 0) is 37.5 Å². The summed E-state index contributed by atoms with van der Waals surface area (Å²) in [5.41, 5.74) is 0.404. The summed E-state index contributed by atoms with van der Waals surface area (Å²) in [5.74, 6) is -0.571. The molecule has 1 aromatic rings. The molecule has 29 heavy (non-hydrogen) atoms. The zero-order chi connectivity index (χ0) is 21.0. The number of nitrogens with zero attached hydrogens (tertiary/aromatic N) is 3. The van der Waals surface area contributed by atoms with E-state index in [4.69, 9.17) is 0 Å². The molecule has 2 fully saturated rings. The second kappa shape index (κ2) is 8.91. The van der Waals surface area contributed by atoms with Crippen LogP contribution in [0.2, 0.25) is 0 Å². The van der Waals surface area contributed by atoms with E-state index < -0.39 is 10.0 Å². The van der Waals surface area contributed by atoms with Crippen LogP contribution in [0.15, 0.2) is 29.2 Å². The van der Waals surface area contributed by atoms with E-state index in [0.717, 1.165) is 24.2 Å². The Morgan fingerprint density at radius 3 is 2.52 bits per heavy atom. The molecule has 2 heterocycles. The number of carbonyl (C=O) groups is 3. The van der Waals surface area contributed by atoms with Crippen molar-refractivity contribution >= 4 is 33.6 Å². The molecular weight excluding hydrogens is 396 g/mol. The van der Waals surface area contributed by atoms with E-state index >= 15 is 0 Å². The number of anilines is 1. The monoisotopic (exact) mass is 422 g/mol. The Hall–Kier alpha value is -2.46. The third kappa shape index (κ3) is 4.94. The molecule has 0 atom stereocenters. The Labute approximate surface area is 170 Å². The third-order valence-corrected chi connectivity index (χ3v) is 6.98. The Bertz CT molecular complexity index is 896. The third-order valence-electron chi connectivity index (χ3n) is 5.09. The fraction of sp³-hybridized carbons (Fsp3) is 0.526. The summed E-state index contributed by atoms with van der Waals surface area (Å²) in [5, 5.41) is 2.69. The van der Waals surface area contributed by atoms with Crippen molar-refractivity contribution in [2.24, 2.45) is 0 Å². The van der Waals surface area contributed by atoms with Crippen LogP contribution in [0.3, 0.4) is 0 Å². The summed E-state index contributed by atoms with van der Waals surface area (Å²) < 4.78 is 27.0. The first kappa shape index (κ1) is 21.3. The highest BCUT2D eigenvalue weighted by atomic mass is 32.2. The van der Waals surface area contributed by atoms with Crippen molar-refractivity contribution in [2.45, 2.75) is 37.0 Å². The number of piperidine rings is 1. The highest BCUT2D eigenvalue weighted by molar-refractivity contribution is 7.89. The van der Waals surface area contributed by atoms with Crippen LogP contribution in [0.25, 0.3) is 0 Å². The Balaban J connectivity index is 1.55. The topological polar surface area (TPSA) is 107 Å². The lowest BCUT2D eigenvalue weighted by Gasteiger charge is -2.26. The molecule has 0 aromatic heterocycles. The smallest absolute Gasteiger partial charge is 0.326 e. The maximum absolute atomic E-state index is 12.8. The number of amides is 4. The first-order valence-electron chi connectivity index (χ1n) is 9.74.